The van der Waals surface area contributed by atoms with E-state index >= 15 is 0 Å². The minimum atomic E-state index is -0.728. The molecule has 0 aliphatic carbocycles. The van der Waals surface area contributed by atoms with E-state index in [-0.39, 0.29) is 18.6 Å². The predicted molar refractivity (Wildman–Crippen MR) is 157 cm³/mol. The molecule has 208 valence electrons. The molecule has 40 heavy (non-hydrogen) atoms. The second-order valence-corrected chi connectivity index (χ2v) is 10.8. The van der Waals surface area contributed by atoms with Gasteiger partial charge in [0.05, 0.1) is 11.5 Å². The number of thioether (sulfide) groups is 1. The van der Waals surface area contributed by atoms with Gasteiger partial charge in [0.15, 0.2) is 6.61 Å². The van der Waals surface area contributed by atoms with Crippen LogP contribution in [0.5, 0.6) is 5.75 Å². The van der Waals surface area contributed by atoms with E-state index in [4.69, 9.17) is 13.9 Å². The summed E-state index contributed by atoms with van der Waals surface area (Å²) in [5.41, 5.74) is 1.76. The Kier molecular flexibility index (Phi) is 9.03. The molecule has 1 saturated heterocycles. The van der Waals surface area contributed by atoms with Crippen LogP contribution in [-0.2, 0) is 20.1 Å². The zero-order chi connectivity index (χ0) is 27.9. The van der Waals surface area contributed by atoms with Crippen molar-refractivity contribution in [3.8, 4) is 5.75 Å². The van der Waals surface area contributed by atoms with Crippen LogP contribution >= 0.6 is 11.8 Å². The number of carbonyl (C=O) groups excluding carboxylic acids is 2. The third kappa shape index (κ3) is 6.66. The van der Waals surface area contributed by atoms with Gasteiger partial charge in [-0.1, -0.05) is 48.5 Å². The minimum Gasteiger partial charge on any atom is -0.483 e. The Hall–Kier alpha value is -3.82. The average molecular weight is 561 g/mol. The molecule has 3 aromatic carbocycles. The topological polar surface area (TPSA) is 107 Å². The molecule has 1 aliphatic heterocycles. The first kappa shape index (κ1) is 27.7. The summed E-state index contributed by atoms with van der Waals surface area (Å²) in [6.45, 7) is 2.62. The van der Waals surface area contributed by atoms with Gasteiger partial charge in [0.1, 0.15) is 17.4 Å². The van der Waals surface area contributed by atoms with E-state index in [0.717, 1.165) is 34.9 Å². The van der Waals surface area contributed by atoms with Gasteiger partial charge in [-0.2, -0.15) is 11.8 Å². The third-order valence-electron chi connectivity index (χ3n) is 6.92. The maximum absolute atomic E-state index is 13.0. The highest BCUT2D eigenvalue weighted by Gasteiger charge is 2.24. The molecule has 1 aromatic heterocycles. The van der Waals surface area contributed by atoms with Crippen LogP contribution in [0.15, 0.2) is 75.9 Å². The molecule has 0 radical (unpaired) electrons. The minimum absolute atomic E-state index is 0.00802. The van der Waals surface area contributed by atoms with Crippen LogP contribution in [0.3, 0.4) is 0 Å². The van der Waals surface area contributed by atoms with E-state index < -0.39 is 17.6 Å². The molecular formula is C31H32N2O6S. The molecule has 4 aromatic rings. The Balaban J connectivity index is 1.23. The summed E-state index contributed by atoms with van der Waals surface area (Å²) in [5, 5.41) is 7.86. The molecule has 2 amide bonds. The summed E-state index contributed by atoms with van der Waals surface area (Å²) < 4.78 is 17.0. The van der Waals surface area contributed by atoms with Crippen molar-refractivity contribution in [3.63, 3.8) is 0 Å². The van der Waals surface area contributed by atoms with Gasteiger partial charge in [-0.25, -0.2) is 4.79 Å². The van der Waals surface area contributed by atoms with Crippen LogP contribution in [0.1, 0.15) is 24.0 Å². The summed E-state index contributed by atoms with van der Waals surface area (Å²) in [4.78, 5) is 38.4. The molecule has 8 nitrogen and oxygen atoms in total. The lowest BCUT2D eigenvalue weighted by Gasteiger charge is -2.20. The van der Waals surface area contributed by atoms with Crippen LogP contribution in [-0.4, -0.2) is 49.5 Å². The van der Waals surface area contributed by atoms with E-state index in [2.05, 4.69) is 10.6 Å². The Morgan fingerprint density at radius 2 is 1.80 bits per heavy atom. The van der Waals surface area contributed by atoms with E-state index in [9.17, 15) is 14.4 Å². The summed E-state index contributed by atoms with van der Waals surface area (Å²) in [6, 6.07) is 20.1. The van der Waals surface area contributed by atoms with Gasteiger partial charge in [0.2, 0.25) is 5.91 Å². The Morgan fingerprint density at radius 1 is 1.02 bits per heavy atom. The van der Waals surface area contributed by atoms with E-state index in [1.807, 2.05) is 48.5 Å². The molecule has 2 atom stereocenters. The number of nitrogens with one attached hydrogen (secondary N) is 2. The van der Waals surface area contributed by atoms with Crippen molar-refractivity contribution in [2.75, 3.05) is 25.5 Å². The van der Waals surface area contributed by atoms with E-state index in [0.29, 0.717) is 41.2 Å². The van der Waals surface area contributed by atoms with Gasteiger partial charge in [-0.3, -0.25) is 9.59 Å². The number of amides is 2. The predicted octanol–water partition coefficient (Wildman–Crippen LogP) is 4.35. The zero-order valence-corrected chi connectivity index (χ0v) is 23.1. The Labute approximate surface area is 236 Å². The van der Waals surface area contributed by atoms with Crippen LogP contribution in [0.25, 0.3) is 21.7 Å². The summed E-state index contributed by atoms with van der Waals surface area (Å²) in [5.74, 6) is 0.889. The third-order valence-corrected chi connectivity index (χ3v) is 8.03. The zero-order valence-electron chi connectivity index (χ0n) is 22.3. The van der Waals surface area contributed by atoms with Gasteiger partial charge in [-0.05, 0) is 48.9 Å². The lowest BCUT2D eigenvalue weighted by Crippen LogP contribution is -2.50. The second-order valence-electron chi connectivity index (χ2n) is 9.79. The highest BCUT2D eigenvalue weighted by molar-refractivity contribution is 7.98. The van der Waals surface area contributed by atoms with Crippen molar-refractivity contribution in [1.29, 1.82) is 0 Å². The van der Waals surface area contributed by atoms with Gasteiger partial charge < -0.3 is 24.5 Å². The number of hydrogen-bond acceptors (Lipinski definition) is 7. The lowest BCUT2D eigenvalue weighted by atomic mass is 10.0. The fourth-order valence-corrected chi connectivity index (χ4v) is 5.81. The number of aryl methyl sites for hydroxylation is 1. The maximum atomic E-state index is 13.0. The first-order valence-electron chi connectivity index (χ1n) is 13.4. The standard InChI is InChI=1S/C31H32N2O6S/c1-20-27(14-13-24-23-11-5-6-12-25(23)31(36)39-29(20)24)38-17-28(34)33-26(19-40-18-21-8-3-2-4-9-21)30(35)32-16-22-10-7-15-37-22/h2-6,8-9,11-14,22,26H,7,10,15-19H2,1H3,(H,32,35)(H,33,34)/t22-,26+/m1/s1. The molecule has 0 saturated carbocycles. The fourth-order valence-electron chi connectivity index (χ4n) is 4.79. The van der Waals surface area contributed by atoms with Crippen molar-refractivity contribution in [2.24, 2.45) is 0 Å². The van der Waals surface area contributed by atoms with Gasteiger partial charge >= 0.3 is 5.63 Å². The van der Waals surface area contributed by atoms with Crippen LogP contribution in [0, 0.1) is 6.92 Å². The molecule has 2 N–H and O–H groups in total. The van der Waals surface area contributed by atoms with E-state index in [1.165, 1.54) is 0 Å². The molecule has 2 heterocycles. The monoisotopic (exact) mass is 560 g/mol. The lowest BCUT2D eigenvalue weighted by molar-refractivity contribution is -0.129. The van der Waals surface area contributed by atoms with Crippen LogP contribution < -0.4 is 21.0 Å². The van der Waals surface area contributed by atoms with Crippen molar-refractivity contribution in [3.05, 3.63) is 88.3 Å². The fraction of sp³-hybridized carbons (Fsp3) is 0.323. The Bertz CT molecular complexity index is 1550. The van der Waals surface area contributed by atoms with Crippen molar-refractivity contribution in [1.82, 2.24) is 10.6 Å². The second kappa shape index (κ2) is 13.0. The molecule has 9 heteroatoms. The summed E-state index contributed by atoms with van der Waals surface area (Å²) in [7, 11) is 0. The first-order chi connectivity index (χ1) is 19.5. The highest BCUT2D eigenvalue weighted by Crippen LogP contribution is 2.30. The molecule has 0 spiro atoms. The van der Waals surface area contributed by atoms with Crippen LogP contribution in [0.2, 0.25) is 0 Å². The number of ether oxygens (including phenoxy) is 2. The highest BCUT2D eigenvalue weighted by atomic mass is 32.2. The van der Waals surface area contributed by atoms with Crippen molar-refractivity contribution >= 4 is 45.3 Å². The normalized spacial score (nSPS) is 15.7. The van der Waals surface area contributed by atoms with Crippen molar-refractivity contribution in [2.45, 2.75) is 37.7 Å². The SMILES string of the molecule is Cc1c(OCC(=O)N[C@@H](CSCc2ccccc2)C(=O)NC[C@H]2CCCO2)ccc2c1oc(=O)c1ccccc12. The number of rotatable bonds is 11. The largest absolute Gasteiger partial charge is 0.483 e. The van der Waals surface area contributed by atoms with E-state index in [1.54, 1.807) is 36.9 Å². The van der Waals surface area contributed by atoms with Crippen LogP contribution in [0.4, 0.5) is 0 Å². The van der Waals surface area contributed by atoms with Gasteiger partial charge in [0, 0.05) is 35.6 Å². The first-order valence-corrected chi connectivity index (χ1v) is 14.5. The summed E-state index contributed by atoms with van der Waals surface area (Å²) >= 11 is 1.57. The smallest absolute Gasteiger partial charge is 0.344 e. The maximum Gasteiger partial charge on any atom is 0.344 e. The number of hydrogen-bond donors (Lipinski definition) is 2. The quantitative estimate of drug-likeness (QED) is 0.208. The molecule has 0 unspecified atom stereocenters. The van der Waals surface area contributed by atoms with Gasteiger partial charge in [0.25, 0.3) is 5.91 Å². The van der Waals surface area contributed by atoms with Gasteiger partial charge in [-0.15, -0.1) is 0 Å². The number of carbonyl (C=O) groups is 2. The molecule has 1 fully saturated rings. The van der Waals surface area contributed by atoms with Crippen molar-refractivity contribution < 1.29 is 23.5 Å². The summed E-state index contributed by atoms with van der Waals surface area (Å²) in [6.07, 6.45) is 1.90. The Morgan fingerprint density at radius 3 is 2.58 bits per heavy atom. The molecule has 5 rings (SSSR count). The molecular weight excluding hydrogens is 528 g/mol. The number of fused-ring (bicyclic) bond motifs is 3. The number of benzene rings is 3. The average Bonchev–Trinajstić information content (AvgIpc) is 3.50. The molecule has 1 aliphatic rings. The molecule has 0 bridgehead atoms.